The van der Waals surface area contributed by atoms with Gasteiger partial charge >= 0.3 is 0 Å². The van der Waals surface area contributed by atoms with Crippen molar-refractivity contribution in [1.29, 1.82) is 5.26 Å². The van der Waals surface area contributed by atoms with Gasteiger partial charge in [0.25, 0.3) is 0 Å². The molecule has 0 radical (unpaired) electrons. The average molecular weight is 215 g/mol. The Kier molecular flexibility index (Phi) is 2.88. The van der Waals surface area contributed by atoms with E-state index in [1.165, 1.54) is 12.1 Å². The summed E-state index contributed by atoms with van der Waals surface area (Å²) in [6.45, 7) is 0.615. The molecule has 0 fully saturated rings. The van der Waals surface area contributed by atoms with Gasteiger partial charge in [-0.05, 0) is 30.3 Å². The molecule has 1 aromatic heterocycles. The minimum atomic E-state index is -0.493. The van der Waals surface area contributed by atoms with Crippen LogP contribution in [0, 0.1) is 17.1 Å². The zero-order valence-electron chi connectivity index (χ0n) is 8.50. The first-order valence-corrected chi connectivity index (χ1v) is 4.85. The molecular formula is C12H10FN3. The van der Waals surface area contributed by atoms with Gasteiger partial charge < -0.3 is 10.3 Å². The van der Waals surface area contributed by atoms with Crippen molar-refractivity contribution in [2.75, 3.05) is 5.32 Å². The molecule has 0 bridgehead atoms. The molecule has 0 aliphatic heterocycles. The molecule has 1 heterocycles. The largest absolute Gasteiger partial charge is 0.379 e. The first kappa shape index (κ1) is 10.2. The Morgan fingerprint density at radius 2 is 2.25 bits per heavy atom. The van der Waals surface area contributed by atoms with Gasteiger partial charge in [0.2, 0.25) is 0 Å². The van der Waals surface area contributed by atoms with Crippen LogP contribution >= 0.6 is 0 Å². The Labute approximate surface area is 92.5 Å². The average Bonchev–Trinajstić information content (AvgIpc) is 2.81. The molecule has 0 unspecified atom stereocenters. The van der Waals surface area contributed by atoms with E-state index >= 15 is 0 Å². The number of aromatic amines is 1. The maximum Gasteiger partial charge on any atom is 0.141 e. The van der Waals surface area contributed by atoms with E-state index < -0.39 is 5.82 Å². The minimum Gasteiger partial charge on any atom is -0.379 e. The SMILES string of the molecule is N#Cc1cc(NCc2ccc[nH]2)ccc1F. The van der Waals surface area contributed by atoms with E-state index in [2.05, 4.69) is 10.3 Å². The zero-order valence-corrected chi connectivity index (χ0v) is 8.50. The lowest BCUT2D eigenvalue weighted by atomic mass is 10.2. The van der Waals surface area contributed by atoms with Gasteiger partial charge in [-0.3, -0.25) is 0 Å². The van der Waals surface area contributed by atoms with Crippen molar-refractivity contribution in [3.8, 4) is 6.07 Å². The second-order valence-electron chi connectivity index (χ2n) is 3.36. The number of hydrogen-bond acceptors (Lipinski definition) is 2. The Balaban J connectivity index is 2.08. The Bertz CT molecular complexity index is 512. The summed E-state index contributed by atoms with van der Waals surface area (Å²) < 4.78 is 13.0. The van der Waals surface area contributed by atoms with Crippen molar-refractivity contribution in [3.63, 3.8) is 0 Å². The predicted octanol–water partition coefficient (Wildman–Crippen LogP) is 2.64. The highest BCUT2D eigenvalue weighted by molar-refractivity contribution is 5.49. The summed E-state index contributed by atoms with van der Waals surface area (Å²) >= 11 is 0. The van der Waals surface area contributed by atoms with Gasteiger partial charge in [0.05, 0.1) is 12.1 Å². The topological polar surface area (TPSA) is 51.6 Å². The lowest BCUT2D eigenvalue weighted by Crippen LogP contribution is -2.00. The van der Waals surface area contributed by atoms with E-state index in [1.54, 1.807) is 12.1 Å². The van der Waals surface area contributed by atoms with Gasteiger partial charge in [-0.15, -0.1) is 0 Å². The summed E-state index contributed by atoms with van der Waals surface area (Å²) in [5, 5.41) is 11.8. The maximum absolute atomic E-state index is 13.0. The number of hydrogen-bond donors (Lipinski definition) is 2. The monoisotopic (exact) mass is 215 g/mol. The molecule has 0 aliphatic carbocycles. The normalized spacial score (nSPS) is 9.75. The lowest BCUT2D eigenvalue weighted by Gasteiger charge is -2.05. The second kappa shape index (κ2) is 4.49. The quantitative estimate of drug-likeness (QED) is 0.826. The van der Waals surface area contributed by atoms with Crippen LogP contribution in [0.1, 0.15) is 11.3 Å². The van der Waals surface area contributed by atoms with Crippen LogP contribution in [0.2, 0.25) is 0 Å². The van der Waals surface area contributed by atoms with Crippen LogP contribution in [0.15, 0.2) is 36.5 Å². The Hall–Kier alpha value is -2.28. The number of nitrogens with zero attached hydrogens (tertiary/aromatic N) is 1. The van der Waals surface area contributed by atoms with Crippen LogP contribution in [0.25, 0.3) is 0 Å². The minimum absolute atomic E-state index is 0.0523. The first-order chi connectivity index (χ1) is 7.79. The van der Waals surface area contributed by atoms with E-state index in [-0.39, 0.29) is 5.56 Å². The fourth-order valence-corrected chi connectivity index (χ4v) is 1.40. The summed E-state index contributed by atoms with van der Waals surface area (Å²) in [6.07, 6.45) is 1.84. The Morgan fingerprint density at radius 1 is 1.38 bits per heavy atom. The fraction of sp³-hybridized carbons (Fsp3) is 0.0833. The third-order valence-electron chi connectivity index (χ3n) is 2.23. The summed E-state index contributed by atoms with van der Waals surface area (Å²) in [6, 6.07) is 10.1. The maximum atomic E-state index is 13.0. The van der Waals surface area contributed by atoms with E-state index in [0.29, 0.717) is 6.54 Å². The molecule has 2 N–H and O–H groups in total. The van der Waals surface area contributed by atoms with E-state index in [9.17, 15) is 4.39 Å². The van der Waals surface area contributed by atoms with Crippen molar-refractivity contribution >= 4 is 5.69 Å². The number of benzene rings is 1. The van der Waals surface area contributed by atoms with Crippen LogP contribution in [0.3, 0.4) is 0 Å². The molecule has 0 saturated carbocycles. The standard InChI is InChI=1S/C12H10FN3/c13-12-4-3-10(6-9(12)7-14)16-8-11-2-1-5-15-11/h1-6,15-16H,8H2. The van der Waals surface area contributed by atoms with Crippen LogP contribution in [-0.2, 0) is 6.54 Å². The molecule has 16 heavy (non-hydrogen) atoms. The van der Waals surface area contributed by atoms with Gasteiger partial charge in [-0.25, -0.2) is 4.39 Å². The predicted molar refractivity (Wildman–Crippen MR) is 59.2 cm³/mol. The summed E-state index contributed by atoms with van der Waals surface area (Å²) in [5.74, 6) is -0.493. The lowest BCUT2D eigenvalue weighted by molar-refractivity contribution is 0.624. The van der Waals surface area contributed by atoms with Gasteiger partial charge in [0.1, 0.15) is 11.9 Å². The van der Waals surface area contributed by atoms with Crippen LogP contribution in [0.4, 0.5) is 10.1 Å². The zero-order chi connectivity index (χ0) is 11.4. The number of rotatable bonds is 3. The molecule has 0 aliphatic rings. The van der Waals surface area contributed by atoms with Crippen molar-refractivity contribution in [3.05, 3.63) is 53.6 Å². The number of nitrogens with one attached hydrogen (secondary N) is 2. The summed E-state index contributed by atoms with van der Waals surface area (Å²) in [4.78, 5) is 3.05. The Morgan fingerprint density at radius 3 is 2.94 bits per heavy atom. The molecule has 2 rings (SSSR count). The molecule has 2 aromatic rings. The van der Waals surface area contributed by atoms with Crippen LogP contribution in [-0.4, -0.2) is 4.98 Å². The molecule has 3 nitrogen and oxygen atoms in total. The molecular weight excluding hydrogens is 205 g/mol. The van der Waals surface area contributed by atoms with Crippen molar-refractivity contribution in [1.82, 2.24) is 4.98 Å². The number of nitriles is 1. The highest BCUT2D eigenvalue weighted by Gasteiger charge is 2.02. The molecule has 0 atom stereocenters. The van der Waals surface area contributed by atoms with Crippen LogP contribution < -0.4 is 5.32 Å². The van der Waals surface area contributed by atoms with Gasteiger partial charge in [0.15, 0.2) is 0 Å². The smallest absolute Gasteiger partial charge is 0.141 e. The van der Waals surface area contributed by atoms with Gasteiger partial charge in [0, 0.05) is 17.6 Å². The second-order valence-corrected chi connectivity index (χ2v) is 3.36. The van der Waals surface area contributed by atoms with Crippen LogP contribution in [0.5, 0.6) is 0 Å². The molecule has 80 valence electrons. The van der Waals surface area contributed by atoms with Crippen molar-refractivity contribution in [2.45, 2.75) is 6.54 Å². The van der Waals surface area contributed by atoms with E-state index in [4.69, 9.17) is 5.26 Å². The highest BCUT2D eigenvalue weighted by atomic mass is 19.1. The molecule has 0 saturated heterocycles. The third kappa shape index (κ3) is 2.20. The number of halogens is 1. The number of H-pyrrole nitrogens is 1. The van der Waals surface area contributed by atoms with E-state index in [1.807, 2.05) is 18.3 Å². The molecule has 4 heteroatoms. The molecule has 0 spiro atoms. The highest BCUT2D eigenvalue weighted by Crippen LogP contribution is 2.14. The number of anilines is 1. The van der Waals surface area contributed by atoms with Crippen molar-refractivity contribution < 1.29 is 4.39 Å². The first-order valence-electron chi connectivity index (χ1n) is 4.85. The summed E-state index contributed by atoms with van der Waals surface area (Å²) in [7, 11) is 0. The van der Waals surface area contributed by atoms with E-state index in [0.717, 1.165) is 11.4 Å². The summed E-state index contributed by atoms with van der Waals surface area (Å²) in [5.41, 5.74) is 1.81. The fourth-order valence-electron chi connectivity index (χ4n) is 1.40. The molecule has 1 aromatic carbocycles. The van der Waals surface area contributed by atoms with Gasteiger partial charge in [-0.1, -0.05) is 0 Å². The van der Waals surface area contributed by atoms with Gasteiger partial charge in [-0.2, -0.15) is 5.26 Å². The van der Waals surface area contributed by atoms with Crippen molar-refractivity contribution in [2.24, 2.45) is 0 Å². The molecule has 0 amide bonds. The number of aromatic nitrogens is 1. The third-order valence-corrected chi connectivity index (χ3v) is 2.23.